The van der Waals surface area contributed by atoms with Crippen molar-refractivity contribution in [1.82, 2.24) is 10.2 Å². The van der Waals surface area contributed by atoms with Gasteiger partial charge in [0.05, 0.1) is 0 Å². The normalized spacial score (nSPS) is 26.3. The molecule has 0 spiro atoms. The van der Waals surface area contributed by atoms with E-state index in [2.05, 4.69) is 31.0 Å². The summed E-state index contributed by atoms with van der Waals surface area (Å²) < 4.78 is 5.52. The number of likely N-dealkylation sites (tertiary alicyclic amines) is 1. The van der Waals surface area contributed by atoms with Gasteiger partial charge in [-0.15, -0.1) is 0 Å². The predicted molar refractivity (Wildman–Crippen MR) is 73.4 cm³/mol. The maximum atomic E-state index is 5.52. The van der Waals surface area contributed by atoms with Crippen LogP contribution in [0, 0.1) is 5.92 Å². The molecule has 0 aromatic rings. The predicted octanol–water partition coefficient (Wildman–Crippen LogP) is 2.12. The summed E-state index contributed by atoms with van der Waals surface area (Å²) in [5, 5.41) is 3.59. The van der Waals surface area contributed by atoms with Gasteiger partial charge in [-0.2, -0.15) is 0 Å². The minimum atomic E-state index is 0.729. The third-order valence-electron chi connectivity index (χ3n) is 3.57. The van der Waals surface area contributed by atoms with E-state index in [-0.39, 0.29) is 0 Å². The highest BCUT2D eigenvalue weighted by molar-refractivity contribution is 4.82. The summed E-state index contributed by atoms with van der Waals surface area (Å²) >= 11 is 0. The molecule has 1 fully saturated rings. The molecule has 1 aliphatic rings. The van der Waals surface area contributed by atoms with E-state index in [0.717, 1.165) is 38.1 Å². The number of hydrogen-bond donors (Lipinski definition) is 1. The topological polar surface area (TPSA) is 24.5 Å². The lowest BCUT2D eigenvalue weighted by Crippen LogP contribution is -2.48. The molecule has 3 heteroatoms. The van der Waals surface area contributed by atoms with Crippen LogP contribution in [0.4, 0.5) is 0 Å². The van der Waals surface area contributed by atoms with Crippen LogP contribution in [-0.4, -0.2) is 50.3 Å². The molecule has 1 N–H and O–H groups in total. The van der Waals surface area contributed by atoms with E-state index in [0.29, 0.717) is 0 Å². The summed E-state index contributed by atoms with van der Waals surface area (Å²) in [6.45, 7) is 13.4. The summed E-state index contributed by atoms with van der Waals surface area (Å²) in [6, 6.07) is 0.729. The SMILES string of the molecule is CCCOCCCN1CCC(NCC)C(C)C1. The van der Waals surface area contributed by atoms with Crippen LogP contribution in [0.25, 0.3) is 0 Å². The number of ether oxygens (including phenoxy) is 1. The Kier molecular flexibility index (Phi) is 7.82. The quantitative estimate of drug-likeness (QED) is 0.660. The van der Waals surface area contributed by atoms with Crippen molar-refractivity contribution in [2.45, 2.75) is 46.1 Å². The first-order valence-electron chi connectivity index (χ1n) is 7.31. The van der Waals surface area contributed by atoms with Gasteiger partial charge in [0.25, 0.3) is 0 Å². The van der Waals surface area contributed by atoms with Crippen LogP contribution >= 0.6 is 0 Å². The summed E-state index contributed by atoms with van der Waals surface area (Å²) in [7, 11) is 0. The van der Waals surface area contributed by atoms with E-state index >= 15 is 0 Å². The fourth-order valence-corrected chi connectivity index (χ4v) is 2.64. The molecule has 0 aromatic carbocycles. The molecule has 2 atom stereocenters. The smallest absolute Gasteiger partial charge is 0.0478 e. The zero-order valence-electron chi connectivity index (χ0n) is 11.9. The molecular weight excluding hydrogens is 212 g/mol. The number of nitrogens with one attached hydrogen (secondary N) is 1. The monoisotopic (exact) mass is 242 g/mol. The zero-order chi connectivity index (χ0) is 12.5. The summed E-state index contributed by atoms with van der Waals surface area (Å²) in [4.78, 5) is 2.59. The first kappa shape index (κ1) is 14.9. The minimum Gasteiger partial charge on any atom is -0.381 e. The van der Waals surface area contributed by atoms with Gasteiger partial charge < -0.3 is 15.0 Å². The molecule has 0 aromatic heterocycles. The van der Waals surface area contributed by atoms with E-state index < -0.39 is 0 Å². The van der Waals surface area contributed by atoms with E-state index in [9.17, 15) is 0 Å². The van der Waals surface area contributed by atoms with Crippen LogP contribution in [0.2, 0.25) is 0 Å². The number of nitrogens with zero attached hydrogens (tertiary/aromatic N) is 1. The molecule has 0 radical (unpaired) electrons. The van der Waals surface area contributed by atoms with Crippen LogP contribution < -0.4 is 5.32 Å². The first-order valence-corrected chi connectivity index (χ1v) is 7.31. The van der Waals surface area contributed by atoms with E-state index in [4.69, 9.17) is 4.74 Å². The first-order chi connectivity index (χ1) is 8.27. The molecule has 0 amide bonds. The Labute approximate surface area is 107 Å². The Morgan fingerprint density at radius 3 is 2.76 bits per heavy atom. The van der Waals surface area contributed by atoms with Crippen LogP contribution in [0.3, 0.4) is 0 Å². The number of rotatable bonds is 8. The second-order valence-corrected chi connectivity index (χ2v) is 5.20. The molecule has 102 valence electrons. The van der Waals surface area contributed by atoms with Gasteiger partial charge in [-0.05, 0) is 38.3 Å². The van der Waals surface area contributed by atoms with Gasteiger partial charge in [-0.3, -0.25) is 0 Å². The van der Waals surface area contributed by atoms with E-state index in [1.165, 1.54) is 32.5 Å². The van der Waals surface area contributed by atoms with Gasteiger partial charge in [-0.25, -0.2) is 0 Å². The summed E-state index contributed by atoms with van der Waals surface area (Å²) in [5.74, 6) is 0.778. The van der Waals surface area contributed by atoms with Gasteiger partial charge in [0.1, 0.15) is 0 Å². The van der Waals surface area contributed by atoms with Crippen molar-refractivity contribution in [2.75, 3.05) is 39.4 Å². The Morgan fingerprint density at radius 1 is 1.29 bits per heavy atom. The average molecular weight is 242 g/mol. The van der Waals surface area contributed by atoms with Gasteiger partial charge >= 0.3 is 0 Å². The average Bonchev–Trinajstić information content (AvgIpc) is 2.32. The molecule has 1 rings (SSSR count). The van der Waals surface area contributed by atoms with Crippen molar-refractivity contribution in [2.24, 2.45) is 5.92 Å². The van der Waals surface area contributed by atoms with Crippen LogP contribution in [0.1, 0.15) is 40.0 Å². The Morgan fingerprint density at radius 2 is 2.12 bits per heavy atom. The lowest BCUT2D eigenvalue weighted by molar-refractivity contribution is 0.103. The third kappa shape index (κ3) is 5.84. The molecule has 0 bridgehead atoms. The van der Waals surface area contributed by atoms with E-state index in [1.54, 1.807) is 0 Å². The van der Waals surface area contributed by atoms with Crippen LogP contribution in [0.5, 0.6) is 0 Å². The zero-order valence-corrected chi connectivity index (χ0v) is 11.9. The highest BCUT2D eigenvalue weighted by Crippen LogP contribution is 2.16. The lowest BCUT2D eigenvalue weighted by atomic mass is 9.94. The molecule has 1 saturated heterocycles. The maximum absolute atomic E-state index is 5.52. The summed E-state index contributed by atoms with van der Waals surface area (Å²) in [6.07, 6.45) is 3.61. The highest BCUT2D eigenvalue weighted by Gasteiger charge is 2.24. The number of piperidine rings is 1. The van der Waals surface area contributed by atoms with Gasteiger partial charge in [0, 0.05) is 32.3 Å². The van der Waals surface area contributed by atoms with Crippen molar-refractivity contribution >= 4 is 0 Å². The molecule has 1 aliphatic heterocycles. The van der Waals surface area contributed by atoms with Crippen molar-refractivity contribution in [3.05, 3.63) is 0 Å². The van der Waals surface area contributed by atoms with Gasteiger partial charge in [-0.1, -0.05) is 20.8 Å². The van der Waals surface area contributed by atoms with Crippen LogP contribution in [0.15, 0.2) is 0 Å². The molecule has 0 saturated carbocycles. The highest BCUT2D eigenvalue weighted by atomic mass is 16.5. The molecule has 17 heavy (non-hydrogen) atoms. The van der Waals surface area contributed by atoms with Crippen molar-refractivity contribution in [3.63, 3.8) is 0 Å². The molecule has 1 heterocycles. The minimum absolute atomic E-state index is 0.729. The van der Waals surface area contributed by atoms with Gasteiger partial charge in [0.15, 0.2) is 0 Å². The fraction of sp³-hybridized carbons (Fsp3) is 1.00. The standard InChI is InChI=1S/C14H30N2O/c1-4-10-17-11-6-8-16-9-7-14(15-5-2)13(3)12-16/h13-15H,4-12H2,1-3H3. The second-order valence-electron chi connectivity index (χ2n) is 5.20. The largest absolute Gasteiger partial charge is 0.381 e. The fourth-order valence-electron chi connectivity index (χ4n) is 2.64. The lowest BCUT2D eigenvalue weighted by Gasteiger charge is -2.37. The summed E-state index contributed by atoms with van der Waals surface area (Å²) in [5.41, 5.74) is 0. The Balaban J connectivity index is 2.08. The Bertz CT molecular complexity index is 187. The Hall–Kier alpha value is -0.120. The van der Waals surface area contributed by atoms with Crippen LogP contribution in [-0.2, 0) is 4.74 Å². The number of hydrogen-bond acceptors (Lipinski definition) is 3. The molecule has 3 nitrogen and oxygen atoms in total. The maximum Gasteiger partial charge on any atom is 0.0478 e. The molecule has 0 aliphatic carbocycles. The third-order valence-corrected chi connectivity index (χ3v) is 3.57. The molecule has 2 unspecified atom stereocenters. The van der Waals surface area contributed by atoms with Gasteiger partial charge in [0.2, 0.25) is 0 Å². The van der Waals surface area contributed by atoms with Crippen molar-refractivity contribution < 1.29 is 4.74 Å². The molecular formula is C14H30N2O. The van der Waals surface area contributed by atoms with Crippen molar-refractivity contribution in [3.8, 4) is 0 Å². The van der Waals surface area contributed by atoms with E-state index in [1.807, 2.05) is 0 Å². The second kappa shape index (κ2) is 8.90. The van der Waals surface area contributed by atoms with Crippen molar-refractivity contribution in [1.29, 1.82) is 0 Å².